The smallest absolute Gasteiger partial charge is 0.224 e. The van der Waals surface area contributed by atoms with Crippen molar-refractivity contribution in [2.75, 3.05) is 6.54 Å². The highest BCUT2D eigenvalue weighted by Crippen LogP contribution is 2.27. The van der Waals surface area contributed by atoms with Gasteiger partial charge in [-0.2, -0.15) is 0 Å². The van der Waals surface area contributed by atoms with Gasteiger partial charge in [0, 0.05) is 31.2 Å². The number of amides is 1. The monoisotopic (exact) mass is 229 g/mol. The van der Waals surface area contributed by atoms with Crippen LogP contribution in [0.5, 0.6) is 0 Å². The highest BCUT2D eigenvalue weighted by molar-refractivity contribution is 8.14. The Morgan fingerprint density at radius 1 is 1.47 bits per heavy atom. The first-order valence-electron chi connectivity index (χ1n) is 5.38. The van der Waals surface area contributed by atoms with Gasteiger partial charge in [0.2, 0.25) is 5.91 Å². The lowest BCUT2D eigenvalue weighted by Gasteiger charge is -2.27. The minimum Gasteiger partial charge on any atom is -0.339 e. The molecule has 1 heterocycles. The number of carbonyl (C=O) groups is 2. The quantitative estimate of drug-likeness (QED) is 0.742. The Morgan fingerprint density at radius 3 is 2.53 bits per heavy atom. The average molecular weight is 229 g/mol. The second-order valence-corrected chi connectivity index (χ2v) is 5.94. The van der Waals surface area contributed by atoms with Crippen molar-refractivity contribution in [3.05, 3.63) is 0 Å². The van der Waals surface area contributed by atoms with Gasteiger partial charge in [-0.25, -0.2) is 0 Å². The molecule has 1 aliphatic rings. The molecule has 0 aliphatic carbocycles. The van der Waals surface area contributed by atoms with Crippen molar-refractivity contribution in [3.8, 4) is 0 Å². The van der Waals surface area contributed by atoms with Crippen LogP contribution >= 0.6 is 11.8 Å². The summed E-state index contributed by atoms with van der Waals surface area (Å²) in [6.07, 6.45) is 0.515. The van der Waals surface area contributed by atoms with Gasteiger partial charge in [0.1, 0.15) is 0 Å². The average Bonchev–Trinajstić information content (AvgIpc) is 2.44. The Bertz CT molecular complexity index is 265. The Morgan fingerprint density at radius 2 is 2.07 bits per heavy atom. The van der Waals surface area contributed by atoms with Gasteiger partial charge in [0.25, 0.3) is 0 Å². The molecule has 0 bridgehead atoms. The van der Waals surface area contributed by atoms with E-state index in [1.165, 1.54) is 11.8 Å². The first kappa shape index (κ1) is 12.6. The van der Waals surface area contributed by atoms with Crippen molar-refractivity contribution in [2.45, 2.75) is 45.4 Å². The van der Waals surface area contributed by atoms with Gasteiger partial charge >= 0.3 is 0 Å². The first-order chi connectivity index (χ1) is 6.91. The Kier molecular flexibility index (Phi) is 4.20. The van der Waals surface area contributed by atoms with Crippen molar-refractivity contribution in [2.24, 2.45) is 5.92 Å². The number of thioether (sulfide) groups is 1. The zero-order valence-electron chi connectivity index (χ0n) is 9.82. The second-order valence-electron chi connectivity index (χ2n) is 4.47. The highest BCUT2D eigenvalue weighted by Gasteiger charge is 2.34. The van der Waals surface area contributed by atoms with Crippen molar-refractivity contribution in [1.29, 1.82) is 0 Å². The molecule has 0 saturated carbocycles. The van der Waals surface area contributed by atoms with Crippen LogP contribution in [0.3, 0.4) is 0 Å². The maximum absolute atomic E-state index is 11.7. The van der Waals surface area contributed by atoms with Crippen LogP contribution in [-0.4, -0.2) is 33.8 Å². The van der Waals surface area contributed by atoms with Crippen LogP contribution in [0.25, 0.3) is 0 Å². The molecule has 0 radical (unpaired) electrons. The number of nitrogens with zero attached hydrogens (tertiary/aromatic N) is 1. The van der Waals surface area contributed by atoms with Crippen LogP contribution in [0, 0.1) is 5.92 Å². The van der Waals surface area contributed by atoms with E-state index in [9.17, 15) is 9.59 Å². The summed E-state index contributed by atoms with van der Waals surface area (Å²) >= 11 is 1.30. The van der Waals surface area contributed by atoms with Gasteiger partial charge < -0.3 is 4.90 Å². The van der Waals surface area contributed by atoms with E-state index in [-0.39, 0.29) is 22.3 Å². The Labute approximate surface area is 95.6 Å². The topological polar surface area (TPSA) is 37.4 Å². The van der Waals surface area contributed by atoms with Gasteiger partial charge in [-0.1, -0.05) is 25.6 Å². The maximum Gasteiger partial charge on any atom is 0.224 e. The zero-order chi connectivity index (χ0) is 11.6. The molecule has 2 atom stereocenters. The normalized spacial score (nSPS) is 23.7. The molecule has 1 rings (SSSR count). The van der Waals surface area contributed by atoms with Gasteiger partial charge in [-0.05, 0) is 12.8 Å². The van der Waals surface area contributed by atoms with Crippen molar-refractivity contribution < 1.29 is 9.59 Å². The number of carbonyl (C=O) groups excluding carboxylic acids is 2. The molecule has 0 spiro atoms. The molecule has 1 amide bonds. The third kappa shape index (κ3) is 3.23. The molecule has 0 N–H and O–H groups in total. The number of hydrogen-bond donors (Lipinski definition) is 0. The molecular weight excluding hydrogens is 210 g/mol. The van der Waals surface area contributed by atoms with Gasteiger partial charge in [-0.3, -0.25) is 9.59 Å². The molecule has 1 aliphatic heterocycles. The SMILES string of the molecule is CC(=O)SC1CC(=O)N(C(C)C(C)C)C1. The van der Waals surface area contributed by atoms with E-state index in [1.807, 2.05) is 4.90 Å². The number of rotatable bonds is 3. The first-order valence-corrected chi connectivity index (χ1v) is 6.26. The van der Waals surface area contributed by atoms with E-state index in [2.05, 4.69) is 20.8 Å². The van der Waals surface area contributed by atoms with Crippen LogP contribution in [0.1, 0.15) is 34.1 Å². The van der Waals surface area contributed by atoms with E-state index in [0.29, 0.717) is 12.3 Å². The summed E-state index contributed by atoms with van der Waals surface area (Å²) in [6.45, 7) is 8.59. The lowest BCUT2D eigenvalue weighted by molar-refractivity contribution is -0.130. The van der Waals surface area contributed by atoms with E-state index < -0.39 is 0 Å². The molecule has 0 aromatic rings. The van der Waals surface area contributed by atoms with E-state index in [1.54, 1.807) is 6.92 Å². The highest BCUT2D eigenvalue weighted by atomic mass is 32.2. The molecule has 3 nitrogen and oxygen atoms in total. The summed E-state index contributed by atoms with van der Waals surface area (Å²) in [5.41, 5.74) is 0. The molecule has 1 fully saturated rings. The Hall–Kier alpha value is -0.510. The van der Waals surface area contributed by atoms with Crippen LogP contribution in [0.15, 0.2) is 0 Å². The minimum absolute atomic E-state index is 0.104. The predicted molar refractivity (Wildman–Crippen MR) is 62.7 cm³/mol. The third-order valence-corrected chi connectivity index (χ3v) is 3.89. The second kappa shape index (κ2) is 5.01. The molecule has 15 heavy (non-hydrogen) atoms. The largest absolute Gasteiger partial charge is 0.339 e. The summed E-state index contributed by atoms with van der Waals surface area (Å²) < 4.78 is 0. The van der Waals surface area contributed by atoms with Crippen LogP contribution in [-0.2, 0) is 9.59 Å². The fourth-order valence-corrected chi connectivity index (χ4v) is 2.70. The van der Waals surface area contributed by atoms with Crippen LogP contribution in [0.2, 0.25) is 0 Å². The molecule has 4 heteroatoms. The lowest BCUT2D eigenvalue weighted by atomic mass is 10.1. The summed E-state index contributed by atoms with van der Waals surface area (Å²) in [5, 5.41) is 0.267. The zero-order valence-corrected chi connectivity index (χ0v) is 10.6. The molecule has 1 saturated heterocycles. The Balaban J connectivity index is 2.56. The molecule has 0 aromatic carbocycles. The lowest BCUT2D eigenvalue weighted by Crippen LogP contribution is -2.38. The van der Waals surface area contributed by atoms with Crippen molar-refractivity contribution in [3.63, 3.8) is 0 Å². The van der Waals surface area contributed by atoms with Gasteiger partial charge in [-0.15, -0.1) is 0 Å². The molecule has 86 valence electrons. The predicted octanol–water partition coefficient (Wildman–Crippen LogP) is 1.91. The minimum atomic E-state index is 0.104. The van der Waals surface area contributed by atoms with Crippen LogP contribution < -0.4 is 0 Å². The standard InChI is InChI=1S/C11H19NO2S/c1-7(2)8(3)12-6-10(5-11(12)14)15-9(4)13/h7-8,10H,5-6H2,1-4H3. The summed E-state index contributed by atoms with van der Waals surface area (Å²) in [5.74, 6) is 0.657. The van der Waals surface area contributed by atoms with E-state index in [0.717, 1.165) is 6.54 Å². The van der Waals surface area contributed by atoms with Gasteiger partial charge in [0.15, 0.2) is 5.12 Å². The van der Waals surface area contributed by atoms with Crippen molar-refractivity contribution >= 4 is 22.8 Å². The molecule has 2 unspecified atom stereocenters. The summed E-state index contributed by atoms with van der Waals surface area (Å²) in [7, 11) is 0. The fraction of sp³-hybridized carbons (Fsp3) is 0.818. The third-order valence-electron chi connectivity index (χ3n) is 2.91. The summed E-state index contributed by atoms with van der Waals surface area (Å²) in [6, 6.07) is 0.273. The molecule has 0 aromatic heterocycles. The van der Waals surface area contributed by atoms with E-state index >= 15 is 0 Å². The van der Waals surface area contributed by atoms with Gasteiger partial charge in [0.05, 0.1) is 0 Å². The van der Waals surface area contributed by atoms with Crippen molar-refractivity contribution in [1.82, 2.24) is 4.90 Å². The summed E-state index contributed by atoms with van der Waals surface area (Å²) in [4.78, 5) is 24.6. The number of hydrogen-bond acceptors (Lipinski definition) is 3. The van der Waals surface area contributed by atoms with E-state index in [4.69, 9.17) is 0 Å². The van der Waals surface area contributed by atoms with Crippen LogP contribution in [0.4, 0.5) is 0 Å². The number of likely N-dealkylation sites (tertiary alicyclic amines) is 1. The maximum atomic E-state index is 11.7. The molecular formula is C11H19NO2S. The fourth-order valence-electron chi connectivity index (χ4n) is 1.76.